The number of sulfonamides is 1. The maximum atomic E-state index is 14.7. The van der Waals surface area contributed by atoms with Crippen LogP contribution in [-0.2, 0) is 32.6 Å². The highest BCUT2D eigenvalue weighted by Crippen LogP contribution is 2.33. The number of hydrogen-bond acceptors (Lipinski definition) is 5. The Morgan fingerprint density at radius 1 is 0.826 bits per heavy atom. The van der Waals surface area contributed by atoms with Gasteiger partial charge >= 0.3 is 0 Å². The van der Waals surface area contributed by atoms with Gasteiger partial charge in [-0.25, -0.2) is 8.42 Å². The maximum absolute atomic E-state index is 14.7. The molecule has 0 fully saturated rings. The van der Waals surface area contributed by atoms with E-state index in [1.165, 1.54) is 17.0 Å². The number of para-hydroxylation sites is 2. The molecule has 0 aliphatic heterocycles. The molecule has 0 bridgehead atoms. The molecule has 46 heavy (non-hydrogen) atoms. The number of rotatable bonds is 15. The van der Waals surface area contributed by atoms with Crippen LogP contribution in [0, 0.1) is 6.92 Å². The fourth-order valence-corrected chi connectivity index (χ4v) is 6.59. The summed E-state index contributed by atoms with van der Waals surface area (Å²) in [5.41, 5.74) is 2.93. The number of carbonyl (C=O) groups excluding carboxylic acids is 2. The second-order valence-corrected chi connectivity index (χ2v) is 13.1. The Kier molecular flexibility index (Phi) is 12.0. The zero-order valence-electron chi connectivity index (χ0n) is 26.9. The molecule has 4 aromatic carbocycles. The van der Waals surface area contributed by atoms with Gasteiger partial charge in [0.05, 0.1) is 17.2 Å². The zero-order chi connectivity index (χ0) is 33.1. The molecule has 0 aliphatic carbocycles. The second kappa shape index (κ2) is 16.1. The van der Waals surface area contributed by atoms with E-state index in [1.54, 1.807) is 42.5 Å². The summed E-state index contributed by atoms with van der Waals surface area (Å²) in [6.45, 7) is 7.54. The van der Waals surface area contributed by atoms with Crippen molar-refractivity contribution in [2.24, 2.45) is 0 Å². The quantitative estimate of drug-likeness (QED) is 0.168. The molecule has 4 rings (SSSR count). The van der Waals surface area contributed by atoms with Gasteiger partial charge in [0, 0.05) is 19.0 Å². The highest BCUT2D eigenvalue weighted by atomic mass is 32.2. The predicted octanol–water partition coefficient (Wildman–Crippen LogP) is 6.14. The number of benzene rings is 4. The Morgan fingerprint density at radius 2 is 1.43 bits per heavy atom. The van der Waals surface area contributed by atoms with Crippen LogP contribution >= 0.6 is 0 Å². The molecule has 1 N–H and O–H groups in total. The van der Waals surface area contributed by atoms with E-state index < -0.39 is 28.5 Å². The van der Waals surface area contributed by atoms with Crippen molar-refractivity contribution in [1.29, 1.82) is 0 Å². The highest BCUT2D eigenvalue weighted by molar-refractivity contribution is 7.92. The number of anilines is 1. The molecule has 4 aromatic rings. The lowest BCUT2D eigenvalue weighted by Crippen LogP contribution is -2.54. The van der Waals surface area contributed by atoms with Gasteiger partial charge in [-0.2, -0.15) is 0 Å². The van der Waals surface area contributed by atoms with Gasteiger partial charge in [-0.05, 0) is 68.1 Å². The van der Waals surface area contributed by atoms with Crippen molar-refractivity contribution in [3.05, 3.63) is 126 Å². The molecule has 0 saturated heterocycles. The summed E-state index contributed by atoms with van der Waals surface area (Å²) in [7, 11) is -4.23. The average molecular weight is 642 g/mol. The van der Waals surface area contributed by atoms with Gasteiger partial charge in [0.15, 0.2) is 0 Å². The first-order valence-corrected chi connectivity index (χ1v) is 17.1. The Morgan fingerprint density at radius 3 is 2.09 bits per heavy atom. The number of nitrogens with one attached hydrogen (secondary N) is 1. The van der Waals surface area contributed by atoms with Gasteiger partial charge in [-0.15, -0.1) is 0 Å². The summed E-state index contributed by atoms with van der Waals surface area (Å²) in [6, 6.07) is 31.0. The van der Waals surface area contributed by atoms with Crippen LogP contribution in [0.1, 0.15) is 43.9 Å². The van der Waals surface area contributed by atoms with Crippen LogP contribution in [0.4, 0.5) is 5.69 Å². The van der Waals surface area contributed by atoms with Crippen molar-refractivity contribution in [3.63, 3.8) is 0 Å². The summed E-state index contributed by atoms with van der Waals surface area (Å²) < 4.78 is 35.4. The van der Waals surface area contributed by atoms with Crippen LogP contribution in [0.5, 0.6) is 5.75 Å². The van der Waals surface area contributed by atoms with Crippen LogP contribution in [0.2, 0.25) is 0 Å². The molecule has 0 unspecified atom stereocenters. The number of amides is 2. The minimum atomic E-state index is -4.23. The van der Waals surface area contributed by atoms with E-state index >= 15 is 0 Å². The molecule has 0 aliphatic rings. The van der Waals surface area contributed by atoms with Crippen LogP contribution in [0.15, 0.2) is 114 Å². The van der Waals surface area contributed by atoms with Crippen LogP contribution in [0.3, 0.4) is 0 Å². The Hall–Kier alpha value is -4.63. The number of hydrogen-bond donors (Lipinski definition) is 1. The van der Waals surface area contributed by atoms with E-state index in [2.05, 4.69) is 5.32 Å². The molecule has 0 heterocycles. The van der Waals surface area contributed by atoms with Gasteiger partial charge in [0.1, 0.15) is 18.3 Å². The predicted molar refractivity (Wildman–Crippen MR) is 182 cm³/mol. The van der Waals surface area contributed by atoms with Crippen molar-refractivity contribution in [2.75, 3.05) is 17.5 Å². The van der Waals surface area contributed by atoms with E-state index in [9.17, 15) is 18.0 Å². The zero-order valence-corrected chi connectivity index (χ0v) is 27.7. The number of nitrogens with zero attached hydrogens (tertiary/aromatic N) is 2. The Bertz CT molecular complexity index is 1700. The van der Waals surface area contributed by atoms with E-state index in [1.807, 2.05) is 82.3 Å². The lowest BCUT2D eigenvalue weighted by Gasteiger charge is -2.35. The molecule has 0 radical (unpaired) electrons. The first-order valence-electron chi connectivity index (χ1n) is 15.6. The topological polar surface area (TPSA) is 96.0 Å². The van der Waals surface area contributed by atoms with Crippen molar-refractivity contribution in [1.82, 2.24) is 10.2 Å². The molecule has 0 aromatic heterocycles. The summed E-state index contributed by atoms with van der Waals surface area (Å²) in [5.74, 6) is -0.486. The van der Waals surface area contributed by atoms with Crippen LogP contribution in [0.25, 0.3) is 0 Å². The molecular formula is C37H43N3O5S. The monoisotopic (exact) mass is 641 g/mol. The minimum Gasteiger partial charge on any atom is -0.492 e. The van der Waals surface area contributed by atoms with E-state index in [0.717, 1.165) is 21.0 Å². The van der Waals surface area contributed by atoms with Crippen molar-refractivity contribution < 1.29 is 22.7 Å². The SMILES string of the molecule is CCOc1ccccc1N(CC(=O)N(Cc1ccccc1C)[C@H](Cc1ccccc1)C(=O)N[C@@H](C)CC)S(=O)(=O)c1ccccc1. The molecule has 8 nitrogen and oxygen atoms in total. The van der Waals surface area contributed by atoms with Gasteiger partial charge in [-0.1, -0.05) is 91.9 Å². The van der Waals surface area contributed by atoms with Crippen molar-refractivity contribution >= 4 is 27.5 Å². The Balaban J connectivity index is 1.84. The summed E-state index contributed by atoms with van der Waals surface area (Å²) in [4.78, 5) is 30.2. The highest BCUT2D eigenvalue weighted by Gasteiger charge is 2.36. The van der Waals surface area contributed by atoms with E-state index in [-0.39, 0.29) is 35.5 Å². The third kappa shape index (κ3) is 8.54. The first kappa shape index (κ1) is 34.2. The fourth-order valence-electron chi connectivity index (χ4n) is 5.14. The molecule has 9 heteroatoms. The van der Waals surface area contributed by atoms with Crippen molar-refractivity contribution in [2.45, 2.75) is 64.1 Å². The molecule has 242 valence electrons. The summed E-state index contributed by atoms with van der Waals surface area (Å²) in [6.07, 6.45) is 0.967. The van der Waals surface area contributed by atoms with Crippen LogP contribution < -0.4 is 14.4 Å². The second-order valence-electron chi connectivity index (χ2n) is 11.2. The van der Waals surface area contributed by atoms with Crippen LogP contribution in [-0.4, -0.2) is 50.4 Å². The number of carbonyl (C=O) groups is 2. The van der Waals surface area contributed by atoms with Gasteiger partial charge < -0.3 is 15.0 Å². The summed E-state index contributed by atoms with van der Waals surface area (Å²) >= 11 is 0. The minimum absolute atomic E-state index is 0.0369. The largest absolute Gasteiger partial charge is 0.492 e. The molecule has 0 saturated carbocycles. The first-order chi connectivity index (χ1) is 22.1. The number of ether oxygens (including phenoxy) is 1. The lowest BCUT2D eigenvalue weighted by atomic mass is 10.0. The Labute approximate surface area is 273 Å². The van der Waals surface area contributed by atoms with E-state index in [4.69, 9.17) is 4.74 Å². The summed E-state index contributed by atoms with van der Waals surface area (Å²) in [5, 5.41) is 3.07. The molecule has 2 atom stereocenters. The van der Waals surface area contributed by atoms with Gasteiger partial charge in [0.25, 0.3) is 10.0 Å². The smallest absolute Gasteiger partial charge is 0.264 e. The normalized spacial score (nSPS) is 12.5. The van der Waals surface area contributed by atoms with Gasteiger partial charge in [0.2, 0.25) is 11.8 Å². The molecule has 2 amide bonds. The average Bonchev–Trinajstić information content (AvgIpc) is 3.07. The third-order valence-corrected chi connectivity index (χ3v) is 9.69. The number of aryl methyl sites for hydroxylation is 1. The third-order valence-electron chi connectivity index (χ3n) is 7.92. The maximum Gasteiger partial charge on any atom is 0.264 e. The molecular weight excluding hydrogens is 598 g/mol. The molecule has 0 spiro atoms. The van der Waals surface area contributed by atoms with E-state index in [0.29, 0.717) is 18.8 Å². The fraction of sp³-hybridized carbons (Fsp3) is 0.297. The standard InChI is InChI=1S/C37H43N3O5S/c1-5-29(4)38-37(42)34(25-30-18-9-7-10-19-30)39(26-31-20-14-13-17-28(31)3)36(41)27-40(33-23-15-16-24-35(33)45-6-2)46(43,44)32-21-11-8-12-22-32/h7-24,29,34H,5-6,25-27H2,1-4H3,(H,38,42)/t29-,34+/m0/s1. The lowest BCUT2D eigenvalue weighted by molar-refractivity contribution is -0.140. The van der Waals surface area contributed by atoms with Crippen molar-refractivity contribution in [3.8, 4) is 5.75 Å². The van der Waals surface area contributed by atoms with Gasteiger partial charge in [-0.3, -0.25) is 13.9 Å².